The number of alkyl halides is 3. The Morgan fingerprint density at radius 2 is 1.94 bits per heavy atom. The minimum Gasteiger partial charge on any atom is -0.393 e. The summed E-state index contributed by atoms with van der Waals surface area (Å²) in [4.78, 5) is 25.1. The van der Waals surface area contributed by atoms with Gasteiger partial charge in [-0.2, -0.15) is 13.2 Å². The Hall–Kier alpha value is -2.94. The lowest BCUT2D eigenvalue weighted by Gasteiger charge is -2.31. The van der Waals surface area contributed by atoms with Gasteiger partial charge in [0.05, 0.1) is 17.7 Å². The normalized spacial score (nSPS) is 23.3. The predicted octanol–water partition coefficient (Wildman–Crippen LogP) is 4.43. The number of rotatable bonds is 3. The fourth-order valence-electron chi connectivity index (χ4n) is 4.43. The van der Waals surface area contributed by atoms with Crippen LogP contribution in [0.2, 0.25) is 0 Å². The smallest absolute Gasteiger partial charge is 0.393 e. The number of aliphatic hydroxyl groups is 1. The van der Waals surface area contributed by atoms with Crippen molar-refractivity contribution in [2.75, 3.05) is 5.32 Å². The summed E-state index contributed by atoms with van der Waals surface area (Å²) in [6, 6.07) is 5.90. The molecule has 164 valence electrons. The number of anilines is 1. The highest BCUT2D eigenvalue weighted by Crippen LogP contribution is 2.42. The van der Waals surface area contributed by atoms with Crippen molar-refractivity contribution in [3.63, 3.8) is 0 Å². The van der Waals surface area contributed by atoms with Gasteiger partial charge in [0.15, 0.2) is 0 Å². The van der Waals surface area contributed by atoms with E-state index in [-0.39, 0.29) is 17.5 Å². The van der Waals surface area contributed by atoms with Crippen molar-refractivity contribution in [1.82, 2.24) is 5.32 Å². The van der Waals surface area contributed by atoms with E-state index in [2.05, 4.69) is 10.6 Å². The van der Waals surface area contributed by atoms with Crippen LogP contribution in [-0.4, -0.2) is 23.0 Å². The van der Waals surface area contributed by atoms with Crippen LogP contribution < -0.4 is 10.6 Å². The molecular weight excluding hydrogens is 416 g/mol. The first-order chi connectivity index (χ1) is 14.6. The first-order valence-electron chi connectivity index (χ1n) is 9.94. The summed E-state index contributed by atoms with van der Waals surface area (Å²) in [5, 5.41) is 15.5. The Morgan fingerprint density at radius 3 is 2.65 bits per heavy atom. The maximum absolute atomic E-state index is 13.7. The van der Waals surface area contributed by atoms with Crippen LogP contribution in [0.4, 0.5) is 23.2 Å². The first-order valence-corrected chi connectivity index (χ1v) is 9.94. The molecule has 0 aromatic heterocycles. The maximum atomic E-state index is 13.7. The first kappa shape index (κ1) is 21.3. The number of fused-ring (bicyclic) bond motifs is 1. The molecule has 9 heteroatoms. The molecule has 1 saturated carbocycles. The fourth-order valence-corrected chi connectivity index (χ4v) is 4.43. The molecule has 5 nitrogen and oxygen atoms in total. The van der Waals surface area contributed by atoms with Crippen molar-refractivity contribution < 1.29 is 32.3 Å². The second-order valence-electron chi connectivity index (χ2n) is 7.98. The van der Waals surface area contributed by atoms with Gasteiger partial charge < -0.3 is 15.7 Å². The Morgan fingerprint density at radius 1 is 1.16 bits per heavy atom. The molecule has 4 rings (SSSR count). The van der Waals surface area contributed by atoms with Gasteiger partial charge in [-0.3, -0.25) is 9.59 Å². The highest BCUT2D eigenvalue weighted by atomic mass is 19.4. The van der Waals surface area contributed by atoms with Crippen molar-refractivity contribution in [2.24, 2.45) is 5.92 Å². The quantitative estimate of drug-likeness (QED) is 0.623. The van der Waals surface area contributed by atoms with Crippen molar-refractivity contribution >= 4 is 17.5 Å². The third kappa shape index (κ3) is 4.27. The van der Waals surface area contributed by atoms with Gasteiger partial charge in [-0.25, -0.2) is 4.39 Å². The summed E-state index contributed by atoms with van der Waals surface area (Å²) >= 11 is 0. The Labute approximate surface area is 175 Å². The molecule has 0 radical (unpaired) electrons. The highest BCUT2D eigenvalue weighted by Gasteiger charge is 2.38. The topological polar surface area (TPSA) is 78.4 Å². The Kier molecular flexibility index (Phi) is 5.47. The van der Waals surface area contributed by atoms with Crippen molar-refractivity contribution in [1.29, 1.82) is 0 Å². The average molecular weight is 436 g/mol. The minimum atomic E-state index is -4.80. The number of hydrogen-bond acceptors (Lipinski definition) is 3. The van der Waals surface area contributed by atoms with E-state index in [1.165, 1.54) is 0 Å². The predicted molar refractivity (Wildman–Crippen MR) is 104 cm³/mol. The molecule has 0 saturated heterocycles. The third-order valence-corrected chi connectivity index (χ3v) is 5.84. The molecule has 1 unspecified atom stereocenters. The zero-order valence-electron chi connectivity index (χ0n) is 16.3. The number of hydrogen-bond donors (Lipinski definition) is 3. The molecule has 1 aliphatic heterocycles. The van der Waals surface area contributed by atoms with Gasteiger partial charge in [0.1, 0.15) is 5.82 Å². The van der Waals surface area contributed by atoms with Crippen LogP contribution >= 0.6 is 0 Å². The number of nitrogens with one attached hydrogen (secondary N) is 2. The summed E-state index contributed by atoms with van der Waals surface area (Å²) in [6.07, 6.45) is -2.52. The van der Waals surface area contributed by atoms with Crippen LogP contribution in [0.15, 0.2) is 36.4 Å². The minimum absolute atomic E-state index is 0.0435. The molecule has 0 bridgehead atoms. The molecular formula is C22H20F4N2O3. The van der Waals surface area contributed by atoms with Gasteiger partial charge in [-0.15, -0.1) is 0 Å². The Bertz CT molecular complexity index is 1040. The Balaban J connectivity index is 1.66. The van der Waals surface area contributed by atoms with E-state index in [9.17, 15) is 32.3 Å². The number of carbonyl (C=O) groups excluding carboxylic acids is 2. The van der Waals surface area contributed by atoms with Gasteiger partial charge in [-0.1, -0.05) is 12.5 Å². The van der Waals surface area contributed by atoms with Crippen LogP contribution in [0.25, 0.3) is 0 Å². The number of benzene rings is 2. The van der Waals surface area contributed by atoms with Gasteiger partial charge in [0, 0.05) is 22.4 Å². The second kappa shape index (κ2) is 7.96. The summed E-state index contributed by atoms with van der Waals surface area (Å²) in [5.74, 6) is -2.45. The van der Waals surface area contributed by atoms with E-state index in [0.29, 0.717) is 36.1 Å². The summed E-state index contributed by atoms with van der Waals surface area (Å²) in [7, 11) is 0. The zero-order chi connectivity index (χ0) is 22.3. The van der Waals surface area contributed by atoms with E-state index in [1.807, 2.05) is 0 Å². The van der Waals surface area contributed by atoms with Crippen LogP contribution in [0.3, 0.4) is 0 Å². The molecule has 3 N–H and O–H groups in total. The molecule has 1 heterocycles. The van der Waals surface area contributed by atoms with E-state index in [0.717, 1.165) is 18.9 Å². The summed E-state index contributed by atoms with van der Waals surface area (Å²) in [6.45, 7) is 0. The lowest BCUT2D eigenvalue weighted by atomic mass is 9.80. The molecule has 1 fully saturated rings. The fraction of sp³-hybridized carbons (Fsp3) is 0.364. The van der Waals surface area contributed by atoms with E-state index >= 15 is 0 Å². The summed E-state index contributed by atoms with van der Waals surface area (Å²) in [5.41, 5.74) is -0.581. The van der Waals surface area contributed by atoms with Gasteiger partial charge in [0.25, 0.3) is 11.8 Å². The zero-order valence-corrected chi connectivity index (χ0v) is 16.3. The molecule has 2 aromatic rings. The van der Waals surface area contributed by atoms with Crippen molar-refractivity contribution in [3.8, 4) is 0 Å². The maximum Gasteiger partial charge on any atom is 0.416 e. The number of aliphatic hydroxyl groups excluding tert-OH is 1. The number of carbonyl (C=O) groups is 2. The molecule has 2 amide bonds. The average Bonchev–Trinajstić information content (AvgIpc) is 3.05. The highest BCUT2D eigenvalue weighted by molar-refractivity contribution is 6.07. The van der Waals surface area contributed by atoms with Crippen molar-refractivity contribution in [3.05, 3.63) is 64.5 Å². The van der Waals surface area contributed by atoms with E-state index < -0.39 is 41.2 Å². The lowest BCUT2D eigenvalue weighted by Crippen LogP contribution is -2.31. The summed E-state index contributed by atoms with van der Waals surface area (Å²) < 4.78 is 52.7. The molecule has 31 heavy (non-hydrogen) atoms. The van der Waals surface area contributed by atoms with Crippen LogP contribution in [0.5, 0.6) is 0 Å². The van der Waals surface area contributed by atoms with Gasteiger partial charge >= 0.3 is 6.18 Å². The van der Waals surface area contributed by atoms with Crippen molar-refractivity contribution in [2.45, 2.75) is 44.0 Å². The molecule has 0 spiro atoms. The molecule has 2 aromatic carbocycles. The number of amides is 2. The van der Waals surface area contributed by atoms with E-state index in [4.69, 9.17) is 0 Å². The van der Waals surface area contributed by atoms with Gasteiger partial charge in [0.2, 0.25) is 0 Å². The van der Waals surface area contributed by atoms with E-state index in [1.54, 1.807) is 18.2 Å². The molecule has 3 atom stereocenters. The van der Waals surface area contributed by atoms with Crippen LogP contribution in [0, 0.1) is 11.7 Å². The van der Waals surface area contributed by atoms with Gasteiger partial charge in [-0.05, 0) is 55.5 Å². The SMILES string of the molecule is O=C(Nc1cccc2c1C([C@@H]1CCC[C@@H](O)C1)NC2=O)c1cc(F)cc(C(F)(F)F)c1. The monoisotopic (exact) mass is 436 g/mol. The lowest BCUT2D eigenvalue weighted by molar-refractivity contribution is -0.137. The van der Waals surface area contributed by atoms with Crippen LogP contribution in [0.1, 0.15) is 63.6 Å². The molecule has 1 aliphatic carbocycles. The second-order valence-corrected chi connectivity index (χ2v) is 7.98. The standard InChI is InChI=1S/C22H20F4N2O3/c23-14-8-12(7-13(10-14)22(24,25)26)20(30)27-17-6-2-5-16-18(17)19(28-21(16)31)11-3-1-4-15(29)9-11/h2,5-8,10-11,15,19,29H,1,3-4,9H2,(H,27,30)(H,28,31)/t11-,15-,19?/m1/s1. The number of halogens is 4. The largest absolute Gasteiger partial charge is 0.416 e. The molecule has 2 aliphatic rings. The third-order valence-electron chi connectivity index (χ3n) is 5.84. The van der Waals surface area contributed by atoms with Crippen LogP contribution in [-0.2, 0) is 6.18 Å².